The van der Waals surface area contributed by atoms with E-state index < -0.39 is 0 Å². The number of benzene rings is 2. The van der Waals surface area contributed by atoms with Crippen LogP contribution in [0.1, 0.15) is 16.7 Å². The minimum Gasteiger partial charge on any atom is -0.493 e. The molecule has 2 rings (SSSR count). The molecule has 0 saturated heterocycles. The van der Waals surface area contributed by atoms with E-state index in [1.165, 1.54) is 5.56 Å². The van der Waals surface area contributed by atoms with E-state index in [0.29, 0.717) is 13.2 Å². The molecule has 0 unspecified atom stereocenters. The van der Waals surface area contributed by atoms with E-state index in [9.17, 15) is 0 Å². The zero-order valence-corrected chi connectivity index (χ0v) is 10.7. The molecule has 0 aliphatic rings. The van der Waals surface area contributed by atoms with Crippen molar-refractivity contribution >= 4 is 0 Å². The van der Waals surface area contributed by atoms with Crippen LogP contribution < -0.4 is 10.5 Å². The molecule has 0 heterocycles. The summed E-state index contributed by atoms with van der Waals surface area (Å²) in [6.45, 7) is 3.30. The Balaban J connectivity index is 1.94. The number of hydrogen-bond acceptors (Lipinski definition) is 2. The van der Waals surface area contributed by atoms with Gasteiger partial charge in [-0.25, -0.2) is 0 Å². The zero-order chi connectivity index (χ0) is 12.8. The summed E-state index contributed by atoms with van der Waals surface area (Å²) in [6.07, 6.45) is 0.924. The fraction of sp³-hybridized carbons (Fsp3) is 0.250. The van der Waals surface area contributed by atoms with Crippen molar-refractivity contribution in [2.24, 2.45) is 5.73 Å². The predicted molar refractivity (Wildman–Crippen MR) is 74.7 cm³/mol. The van der Waals surface area contributed by atoms with Crippen molar-refractivity contribution in [1.29, 1.82) is 0 Å². The highest BCUT2D eigenvalue weighted by molar-refractivity contribution is 5.36. The molecule has 0 aromatic heterocycles. The summed E-state index contributed by atoms with van der Waals surface area (Å²) in [7, 11) is 0. The molecule has 2 nitrogen and oxygen atoms in total. The molecule has 2 heteroatoms. The van der Waals surface area contributed by atoms with Crippen LogP contribution in [0.15, 0.2) is 48.5 Å². The Kier molecular flexibility index (Phi) is 4.37. The zero-order valence-electron chi connectivity index (χ0n) is 10.7. The maximum absolute atomic E-state index is 5.83. The van der Waals surface area contributed by atoms with Crippen LogP contribution in [-0.2, 0) is 13.0 Å². The van der Waals surface area contributed by atoms with Crippen LogP contribution in [0.2, 0.25) is 0 Å². The van der Waals surface area contributed by atoms with Crippen LogP contribution in [0.25, 0.3) is 0 Å². The topological polar surface area (TPSA) is 35.2 Å². The van der Waals surface area contributed by atoms with Gasteiger partial charge >= 0.3 is 0 Å². The highest BCUT2D eigenvalue weighted by Gasteiger charge is 2.01. The van der Waals surface area contributed by atoms with Crippen LogP contribution in [0.3, 0.4) is 0 Å². The van der Waals surface area contributed by atoms with Crippen molar-refractivity contribution in [1.82, 2.24) is 0 Å². The third kappa shape index (κ3) is 3.34. The maximum atomic E-state index is 5.83. The second kappa shape index (κ2) is 6.22. The van der Waals surface area contributed by atoms with Crippen LogP contribution in [0.5, 0.6) is 5.75 Å². The lowest BCUT2D eigenvalue weighted by Gasteiger charge is -2.10. The Morgan fingerprint density at radius 1 is 1.00 bits per heavy atom. The van der Waals surface area contributed by atoms with Gasteiger partial charge in [-0.3, -0.25) is 0 Å². The van der Waals surface area contributed by atoms with Gasteiger partial charge in [0.05, 0.1) is 6.61 Å². The molecule has 0 spiro atoms. The molecule has 2 aromatic rings. The number of nitrogens with two attached hydrogens (primary N) is 1. The molecule has 0 amide bonds. The van der Waals surface area contributed by atoms with Crippen LogP contribution in [0, 0.1) is 6.92 Å². The largest absolute Gasteiger partial charge is 0.493 e. The Bertz CT molecular complexity index is 494. The Morgan fingerprint density at radius 2 is 1.78 bits per heavy atom. The molecular weight excluding hydrogens is 222 g/mol. The SMILES string of the molecule is Cc1ccc(CN)cc1OCCc1ccccc1. The van der Waals surface area contributed by atoms with E-state index in [1.807, 2.05) is 18.2 Å². The minimum atomic E-state index is 0.551. The molecule has 94 valence electrons. The normalized spacial score (nSPS) is 10.3. The lowest BCUT2D eigenvalue weighted by atomic mass is 10.1. The molecule has 0 fully saturated rings. The average Bonchev–Trinajstić information content (AvgIpc) is 2.42. The third-order valence-electron chi connectivity index (χ3n) is 2.98. The van der Waals surface area contributed by atoms with Gasteiger partial charge in [0, 0.05) is 13.0 Å². The lowest BCUT2D eigenvalue weighted by Crippen LogP contribution is -2.04. The molecular formula is C16H19NO. The maximum Gasteiger partial charge on any atom is 0.122 e. The van der Waals surface area contributed by atoms with Gasteiger partial charge in [0.2, 0.25) is 0 Å². The van der Waals surface area contributed by atoms with Gasteiger partial charge in [0.15, 0.2) is 0 Å². The predicted octanol–water partition coefficient (Wildman–Crippen LogP) is 3.08. The molecule has 2 N–H and O–H groups in total. The van der Waals surface area contributed by atoms with E-state index in [4.69, 9.17) is 10.5 Å². The van der Waals surface area contributed by atoms with Crippen molar-refractivity contribution in [3.8, 4) is 5.75 Å². The van der Waals surface area contributed by atoms with Gasteiger partial charge in [-0.1, -0.05) is 42.5 Å². The minimum absolute atomic E-state index is 0.551. The molecule has 2 aromatic carbocycles. The van der Waals surface area contributed by atoms with Gasteiger partial charge < -0.3 is 10.5 Å². The number of aryl methyl sites for hydroxylation is 1. The average molecular weight is 241 g/mol. The fourth-order valence-electron chi connectivity index (χ4n) is 1.85. The highest BCUT2D eigenvalue weighted by atomic mass is 16.5. The summed E-state index contributed by atoms with van der Waals surface area (Å²) < 4.78 is 5.83. The smallest absolute Gasteiger partial charge is 0.122 e. The molecule has 0 bridgehead atoms. The Morgan fingerprint density at radius 3 is 2.50 bits per heavy atom. The van der Waals surface area contributed by atoms with E-state index in [-0.39, 0.29) is 0 Å². The van der Waals surface area contributed by atoms with E-state index in [0.717, 1.165) is 23.3 Å². The summed E-state index contributed by atoms with van der Waals surface area (Å²) in [5.41, 5.74) is 9.19. The first-order valence-corrected chi connectivity index (χ1v) is 6.26. The third-order valence-corrected chi connectivity index (χ3v) is 2.98. The molecule has 18 heavy (non-hydrogen) atoms. The Hall–Kier alpha value is -1.80. The summed E-state index contributed by atoms with van der Waals surface area (Å²) in [5.74, 6) is 0.939. The fourth-order valence-corrected chi connectivity index (χ4v) is 1.85. The lowest BCUT2D eigenvalue weighted by molar-refractivity contribution is 0.319. The number of rotatable bonds is 5. The van der Waals surface area contributed by atoms with Gasteiger partial charge in [-0.15, -0.1) is 0 Å². The van der Waals surface area contributed by atoms with Crippen molar-refractivity contribution in [2.45, 2.75) is 19.9 Å². The van der Waals surface area contributed by atoms with E-state index in [2.05, 4.69) is 37.3 Å². The van der Waals surface area contributed by atoms with Crippen LogP contribution in [0.4, 0.5) is 0 Å². The van der Waals surface area contributed by atoms with Gasteiger partial charge in [0.1, 0.15) is 5.75 Å². The highest BCUT2D eigenvalue weighted by Crippen LogP contribution is 2.19. The summed E-state index contributed by atoms with van der Waals surface area (Å²) in [5, 5.41) is 0. The Labute approximate surface area is 108 Å². The van der Waals surface area contributed by atoms with Gasteiger partial charge in [-0.2, -0.15) is 0 Å². The van der Waals surface area contributed by atoms with E-state index in [1.54, 1.807) is 0 Å². The summed E-state index contributed by atoms with van der Waals surface area (Å²) >= 11 is 0. The molecule has 0 saturated carbocycles. The standard InChI is InChI=1S/C16H19NO/c1-13-7-8-15(12-17)11-16(13)18-10-9-14-5-3-2-4-6-14/h2-8,11H,9-10,12,17H2,1H3. The van der Waals surface area contributed by atoms with Crippen LogP contribution >= 0.6 is 0 Å². The van der Waals surface area contributed by atoms with Gasteiger partial charge in [-0.05, 0) is 29.7 Å². The second-order valence-corrected chi connectivity index (χ2v) is 4.39. The van der Waals surface area contributed by atoms with Crippen molar-refractivity contribution in [2.75, 3.05) is 6.61 Å². The number of hydrogen-bond donors (Lipinski definition) is 1. The number of ether oxygens (including phenoxy) is 1. The summed E-state index contributed by atoms with van der Waals surface area (Å²) in [4.78, 5) is 0. The quantitative estimate of drug-likeness (QED) is 0.873. The first kappa shape index (κ1) is 12.7. The second-order valence-electron chi connectivity index (χ2n) is 4.39. The van der Waals surface area contributed by atoms with Crippen molar-refractivity contribution in [3.63, 3.8) is 0 Å². The first-order valence-electron chi connectivity index (χ1n) is 6.26. The van der Waals surface area contributed by atoms with Crippen molar-refractivity contribution < 1.29 is 4.74 Å². The monoisotopic (exact) mass is 241 g/mol. The van der Waals surface area contributed by atoms with Gasteiger partial charge in [0.25, 0.3) is 0 Å². The van der Waals surface area contributed by atoms with Crippen molar-refractivity contribution in [3.05, 3.63) is 65.2 Å². The van der Waals surface area contributed by atoms with Crippen LogP contribution in [-0.4, -0.2) is 6.61 Å². The molecule has 0 aliphatic carbocycles. The van der Waals surface area contributed by atoms with E-state index >= 15 is 0 Å². The molecule has 0 atom stereocenters. The first-order chi connectivity index (χ1) is 8.79. The summed E-state index contributed by atoms with van der Waals surface area (Å²) in [6, 6.07) is 16.5. The molecule has 0 aliphatic heterocycles. The molecule has 0 radical (unpaired) electrons.